The van der Waals surface area contributed by atoms with Crippen molar-refractivity contribution in [2.45, 2.75) is 78.7 Å². The minimum Gasteiger partial charge on any atom is -0.444 e. The van der Waals surface area contributed by atoms with E-state index < -0.39 is 17.6 Å². The SMILES string of the molecule is CC.CC(C)(C)OC(=O)NCC(C)(C)c1ccc(OC2=NC=C(C(N)=O)CCC2)cc1. The summed E-state index contributed by atoms with van der Waals surface area (Å²) in [5.41, 5.74) is 6.07. The second-order valence-corrected chi connectivity index (χ2v) is 8.76. The van der Waals surface area contributed by atoms with Gasteiger partial charge in [0.25, 0.3) is 0 Å². The number of hydrogen-bond acceptors (Lipinski definition) is 5. The number of carbonyl (C=O) groups is 2. The molecule has 1 heterocycles. The molecule has 0 saturated carbocycles. The van der Waals surface area contributed by atoms with Crippen LogP contribution in [0.15, 0.2) is 41.0 Å². The molecule has 7 heteroatoms. The molecule has 7 nitrogen and oxygen atoms in total. The molecule has 1 aromatic rings. The van der Waals surface area contributed by atoms with Crippen LogP contribution in [0.4, 0.5) is 4.79 Å². The lowest BCUT2D eigenvalue weighted by atomic mass is 9.84. The van der Waals surface area contributed by atoms with Crippen LogP contribution in [0.1, 0.15) is 73.3 Å². The van der Waals surface area contributed by atoms with Crippen molar-refractivity contribution in [3.05, 3.63) is 41.6 Å². The van der Waals surface area contributed by atoms with Gasteiger partial charge in [0, 0.05) is 30.2 Å². The van der Waals surface area contributed by atoms with Crippen molar-refractivity contribution in [2.75, 3.05) is 6.54 Å². The third kappa shape index (κ3) is 9.24. The first-order chi connectivity index (χ1) is 14.5. The second kappa shape index (κ2) is 11.5. The number of ether oxygens (including phenoxy) is 2. The highest BCUT2D eigenvalue weighted by atomic mass is 16.6. The summed E-state index contributed by atoms with van der Waals surface area (Å²) in [4.78, 5) is 27.4. The first-order valence-electron chi connectivity index (χ1n) is 10.8. The molecule has 0 radical (unpaired) electrons. The van der Waals surface area contributed by atoms with Crippen LogP contribution in [0.25, 0.3) is 0 Å². The number of benzene rings is 1. The minimum atomic E-state index is -0.526. The number of aliphatic imine (C=N–C) groups is 1. The summed E-state index contributed by atoms with van der Waals surface area (Å²) in [5.74, 6) is 0.778. The fourth-order valence-corrected chi connectivity index (χ4v) is 2.79. The number of amides is 2. The summed E-state index contributed by atoms with van der Waals surface area (Å²) in [5, 5.41) is 2.82. The lowest BCUT2D eigenvalue weighted by Crippen LogP contribution is -2.39. The standard InChI is InChI=1S/C22H31N3O4.C2H6/c1-21(2,3)29-20(27)25-14-22(4,5)16-9-11-17(12-10-16)28-18-8-6-7-15(13-24-18)19(23)26;1-2/h9-13H,6-8,14H2,1-5H3,(H2,23,26)(H,25,27);1-2H3. The van der Waals surface area contributed by atoms with E-state index in [1.54, 1.807) is 0 Å². The number of alkyl carbamates (subject to hydrolysis) is 1. The van der Waals surface area contributed by atoms with Crippen molar-refractivity contribution in [1.82, 2.24) is 5.32 Å². The van der Waals surface area contributed by atoms with E-state index in [0.29, 0.717) is 36.6 Å². The number of carbonyl (C=O) groups excluding carboxylic acids is 2. The van der Waals surface area contributed by atoms with Crippen molar-refractivity contribution in [3.8, 4) is 5.75 Å². The lowest BCUT2D eigenvalue weighted by Gasteiger charge is -2.27. The first kappa shape index (κ1) is 26.2. The van der Waals surface area contributed by atoms with Crippen molar-refractivity contribution in [3.63, 3.8) is 0 Å². The predicted molar refractivity (Wildman–Crippen MR) is 124 cm³/mol. The van der Waals surface area contributed by atoms with Crippen LogP contribution in [0.5, 0.6) is 5.75 Å². The smallest absolute Gasteiger partial charge is 0.407 e. The summed E-state index contributed by atoms with van der Waals surface area (Å²) in [6.07, 6.45) is 3.06. The number of primary amides is 1. The number of hydrogen-bond donors (Lipinski definition) is 2. The van der Waals surface area contributed by atoms with Crippen LogP contribution in [0.2, 0.25) is 0 Å². The molecular weight excluding hydrogens is 394 g/mol. The predicted octanol–water partition coefficient (Wildman–Crippen LogP) is 4.85. The average molecular weight is 432 g/mol. The zero-order chi connectivity index (χ0) is 23.7. The van der Waals surface area contributed by atoms with E-state index in [1.807, 2.05) is 72.7 Å². The molecule has 0 unspecified atom stereocenters. The highest BCUT2D eigenvalue weighted by Gasteiger charge is 2.23. The van der Waals surface area contributed by atoms with Crippen LogP contribution in [0.3, 0.4) is 0 Å². The summed E-state index contributed by atoms with van der Waals surface area (Å²) in [6.45, 7) is 14.0. The highest BCUT2D eigenvalue weighted by Crippen LogP contribution is 2.25. The Hall–Kier alpha value is -2.83. The number of rotatable bonds is 5. The molecular formula is C24H37N3O4. The second-order valence-electron chi connectivity index (χ2n) is 8.76. The minimum absolute atomic E-state index is 0.283. The summed E-state index contributed by atoms with van der Waals surface area (Å²) >= 11 is 0. The maximum Gasteiger partial charge on any atom is 0.407 e. The molecule has 1 aliphatic heterocycles. The Morgan fingerprint density at radius 3 is 2.23 bits per heavy atom. The Morgan fingerprint density at radius 1 is 1.06 bits per heavy atom. The van der Waals surface area contributed by atoms with Gasteiger partial charge >= 0.3 is 6.09 Å². The van der Waals surface area contributed by atoms with Crippen molar-refractivity contribution in [2.24, 2.45) is 10.7 Å². The number of nitrogens with two attached hydrogens (primary N) is 1. The monoisotopic (exact) mass is 431 g/mol. The van der Waals surface area contributed by atoms with Crippen molar-refractivity contribution < 1.29 is 19.1 Å². The largest absolute Gasteiger partial charge is 0.444 e. The average Bonchev–Trinajstić information content (AvgIpc) is 2.93. The van der Waals surface area contributed by atoms with Crippen molar-refractivity contribution in [1.29, 1.82) is 0 Å². The van der Waals surface area contributed by atoms with Gasteiger partial charge in [0.05, 0.1) is 0 Å². The molecule has 172 valence electrons. The molecule has 0 fully saturated rings. The number of nitrogens with one attached hydrogen (secondary N) is 1. The highest BCUT2D eigenvalue weighted by molar-refractivity contribution is 5.92. The fourth-order valence-electron chi connectivity index (χ4n) is 2.79. The molecule has 0 aromatic heterocycles. The summed E-state index contributed by atoms with van der Waals surface area (Å²) in [6, 6.07) is 7.68. The van der Waals surface area contributed by atoms with Crippen LogP contribution < -0.4 is 15.8 Å². The van der Waals surface area contributed by atoms with Gasteiger partial charge in [0.15, 0.2) is 5.90 Å². The molecule has 0 bridgehead atoms. The van der Waals surface area contributed by atoms with E-state index in [9.17, 15) is 9.59 Å². The van der Waals surface area contributed by atoms with Gasteiger partial charge in [-0.1, -0.05) is 39.8 Å². The summed E-state index contributed by atoms with van der Waals surface area (Å²) in [7, 11) is 0. The van der Waals surface area contributed by atoms with E-state index in [1.165, 1.54) is 6.20 Å². The van der Waals surface area contributed by atoms with Crippen molar-refractivity contribution >= 4 is 17.9 Å². The fraction of sp³-hybridized carbons (Fsp3) is 0.542. The summed E-state index contributed by atoms with van der Waals surface area (Å²) < 4.78 is 11.1. The third-order valence-corrected chi connectivity index (χ3v) is 4.46. The number of nitrogens with zero attached hydrogens (tertiary/aromatic N) is 1. The maximum absolute atomic E-state index is 11.9. The molecule has 1 aliphatic rings. The molecule has 0 saturated heterocycles. The molecule has 3 N–H and O–H groups in total. The molecule has 2 amide bonds. The molecule has 0 spiro atoms. The molecule has 1 aromatic carbocycles. The van der Waals surface area contributed by atoms with Gasteiger partial charge in [0.1, 0.15) is 11.4 Å². The van der Waals surface area contributed by atoms with Gasteiger partial charge in [-0.3, -0.25) is 4.79 Å². The normalized spacial score (nSPS) is 14.2. The quantitative estimate of drug-likeness (QED) is 0.696. The third-order valence-electron chi connectivity index (χ3n) is 4.46. The topological polar surface area (TPSA) is 103 Å². The molecule has 0 atom stereocenters. The lowest BCUT2D eigenvalue weighted by molar-refractivity contribution is -0.114. The van der Waals surface area contributed by atoms with Crippen LogP contribution in [-0.4, -0.2) is 30.0 Å². The first-order valence-corrected chi connectivity index (χ1v) is 10.8. The Labute approximate surface area is 186 Å². The van der Waals surface area contributed by atoms with E-state index in [0.717, 1.165) is 12.0 Å². The van der Waals surface area contributed by atoms with Gasteiger partial charge in [-0.2, -0.15) is 0 Å². The Morgan fingerprint density at radius 2 is 1.68 bits per heavy atom. The van der Waals surface area contributed by atoms with E-state index in [-0.39, 0.29) is 5.41 Å². The van der Waals surface area contributed by atoms with Crippen LogP contribution in [-0.2, 0) is 14.9 Å². The molecule has 0 aliphatic carbocycles. The zero-order valence-corrected chi connectivity index (χ0v) is 19.9. The van der Waals surface area contributed by atoms with Gasteiger partial charge < -0.3 is 20.5 Å². The van der Waals surface area contributed by atoms with E-state index in [2.05, 4.69) is 10.3 Å². The van der Waals surface area contributed by atoms with E-state index in [4.69, 9.17) is 15.2 Å². The maximum atomic E-state index is 11.9. The Bertz CT molecular complexity index is 803. The van der Waals surface area contributed by atoms with Gasteiger partial charge in [-0.05, 0) is 51.3 Å². The van der Waals surface area contributed by atoms with E-state index >= 15 is 0 Å². The Balaban J connectivity index is 0.00000233. The van der Waals surface area contributed by atoms with Gasteiger partial charge in [0.2, 0.25) is 5.91 Å². The van der Waals surface area contributed by atoms with Crippen LogP contribution >= 0.6 is 0 Å². The zero-order valence-electron chi connectivity index (χ0n) is 19.9. The van der Waals surface area contributed by atoms with Crippen LogP contribution in [0, 0.1) is 0 Å². The Kier molecular flexibility index (Phi) is 9.75. The molecule has 31 heavy (non-hydrogen) atoms. The van der Waals surface area contributed by atoms with Gasteiger partial charge in [-0.15, -0.1) is 0 Å². The van der Waals surface area contributed by atoms with Gasteiger partial charge in [-0.25, -0.2) is 9.79 Å². The molecule has 2 rings (SSSR count).